The molecule has 1 fully saturated rings. The second-order valence-electron chi connectivity index (χ2n) is 5.73. The Morgan fingerprint density at radius 3 is 2.88 bits per heavy atom. The van der Waals surface area contributed by atoms with Gasteiger partial charge in [-0.05, 0) is 37.1 Å². The van der Waals surface area contributed by atoms with Gasteiger partial charge in [0.25, 0.3) is 0 Å². The van der Waals surface area contributed by atoms with Crippen molar-refractivity contribution in [3.8, 4) is 0 Å². The molecule has 121 valence electrons. The fourth-order valence-corrected chi connectivity index (χ4v) is 3.23. The Hall–Kier alpha value is -2.83. The molecule has 2 aromatic rings. The van der Waals surface area contributed by atoms with E-state index >= 15 is 0 Å². The summed E-state index contributed by atoms with van der Waals surface area (Å²) in [6, 6.07) is 5.14. The molecule has 0 aliphatic carbocycles. The third kappa shape index (κ3) is 2.51. The number of benzene rings is 1. The summed E-state index contributed by atoms with van der Waals surface area (Å²) < 4.78 is 27.8. The molecule has 1 aromatic heterocycles. The molecule has 0 bridgehead atoms. The molecule has 1 saturated heterocycles. The normalized spacial score (nSPS) is 19.9. The molecule has 0 spiro atoms. The topological polar surface area (TPSA) is 55.5 Å². The van der Waals surface area contributed by atoms with Crippen LogP contribution < -0.4 is 5.43 Å². The summed E-state index contributed by atoms with van der Waals surface area (Å²) in [5, 5.41) is 11.7. The van der Waals surface area contributed by atoms with Crippen LogP contribution in [0.1, 0.15) is 30.0 Å². The van der Waals surface area contributed by atoms with Crippen LogP contribution in [-0.4, -0.2) is 27.9 Å². The van der Waals surface area contributed by atoms with Crippen molar-refractivity contribution in [2.24, 2.45) is 5.10 Å². The van der Waals surface area contributed by atoms with Crippen molar-refractivity contribution in [3.63, 3.8) is 0 Å². The molecule has 2 aliphatic rings. The van der Waals surface area contributed by atoms with Crippen LogP contribution >= 0.6 is 0 Å². The zero-order chi connectivity index (χ0) is 16.5. The van der Waals surface area contributed by atoms with Gasteiger partial charge in [0.05, 0.1) is 24.7 Å². The highest BCUT2D eigenvalue weighted by molar-refractivity contribution is 6.12. The summed E-state index contributed by atoms with van der Waals surface area (Å²) in [7, 11) is 0. The lowest BCUT2D eigenvalue weighted by atomic mass is 10.0. The van der Waals surface area contributed by atoms with Crippen LogP contribution in [0.25, 0.3) is 5.57 Å². The Morgan fingerprint density at radius 2 is 2.04 bits per heavy atom. The average molecular weight is 326 g/mol. The van der Waals surface area contributed by atoms with Gasteiger partial charge in [-0.25, -0.2) is 8.78 Å². The zero-order valence-electron chi connectivity index (χ0n) is 12.7. The van der Waals surface area contributed by atoms with Gasteiger partial charge in [-0.15, -0.1) is 5.43 Å². The van der Waals surface area contributed by atoms with Crippen molar-refractivity contribution in [3.05, 3.63) is 65.2 Å². The van der Waals surface area contributed by atoms with Gasteiger partial charge in [-0.2, -0.15) is 15.3 Å². The number of halogens is 2. The molecule has 2 aliphatic heterocycles. The molecule has 0 saturated carbocycles. The molecule has 1 atom stereocenters. The van der Waals surface area contributed by atoms with E-state index in [1.807, 2.05) is 11.0 Å². The van der Waals surface area contributed by atoms with Gasteiger partial charge in [0, 0.05) is 23.2 Å². The van der Waals surface area contributed by atoms with Crippen molar-refractivity contribution < 1.29 is 8.78 Å². The zero-order valence-corrected chi connectivity index (χ0v) is 12.7. The largest absolute Gasteiger partial charge is 0.347 e. The molecule has 4 rings (SSSR count). The monoisotopic (exact) mass is 326 g/mol. The Balaban J connectivity index is 1.74. The van der Waals surface area contributed by atoms with Crippen molar-refractivity contribution in [1.82, 2.24) is 20.5 Å². The third-order valence-corrected chi connectivity index (χ3v) is 4.32. The molecule has 0 N–H and O–H groups in total. The Bertz CT molecular complexity index is 819. The fourth-order valence-electron chi connectivity index (χ4n) is 3.23. The summed E-state index contributed by atoms with van der Waals surface area (Å²) in [5.74, 6) is -0.181. The summed E-state index contributed by atoms with van der Waals surface area (Å²) in [6.07, 6.45) is 6.50. The molecule has 1 radical (unpaired) electrons. The SMILES string of the molecule is Fc1ccc(F)c([C@H]2CCCN2C2=C(c3ccnnc3)C=N[N]2)c1. The van der Waals surface area contributed by atoms with Crippen LogP contribution in [0.4, 0.5) is 8.78 Å². The minimum Gasteiger partial charge on any atom is -0.347 e. The first-order valence-corrected chi connectivity index (χ1v) is 7.71. The van der Waals surface area contributed by atoms with Crippen molar-refractivity contribution in [2.45, 2.75) is 18.9 Å². The first-order chi connectivity index (χ1) is 11.7. The minimum absolute atomic E-state index is 0.258. The fraction of sp³-hybridized carbons (Fsp3) is 0.235. The van der Waals surface area contributed by atoms with E-state index in [9.17, 15) is 8.78 Å². The molecule has 24 heavy (non-hydrogen) atoms. The van der Waals surface area contributed by atoms with Gasteiger partial charge in [0.15, 0.2) is 5.82 Å². The lowest BCUT2D eigenvalue weighted by molar-refractivity contribution is 0.300. The lowest BCUT2D eigenvalue weighted by Gasteiger charge is -2.27. The highest BCUT2D eigenvalue weighted by Crippen LogP contribution is 2.38. The molecule has 5 nitrogen and oxygen atoms in total. The first-order valence-electron chi connectivity index (χ1n) is 7.71. The maximum Gasteiger partial charge on any atom is 0.161 e. The molecular weight excluding hydrogens is 312 g/mol. The Labute approximate surface area is 137 Å². The molecule has 0 unspecified atom stereocenters. The van der Waals surface area contributed by atoms with E-state index in [0.29, 0.717) is 17.9 Å². The number of rotatable bonds is 3. The van der Waals surface area contributed by atoms with Crippen molar-refractivity contribution in [2.75, 3.05) is 6.54 Å². The van der Waals surface area contributed by atoms with Crippen molar-refractivity contribution >= 4 is 11.8 Å². The number of aromatic nitrogens is 2. The molecule has 0 amide bonds. The highest BCUT2D eigenvalue weighted by Gasteiger charge is 2.33. The van der Waals surface area contributed by atoms with E-state index < -0.39 is 11.6 Å². The molecule has 1 aromatic carbocycles. The number of nitrogens with zero attached hydrogens (tertiary/aromatic N) is 5. The quantitative estimate of drug-likeness (QED) is 0.871. The number of allylic oxidation sites excluding steroid dienone is 1. The molecule has 7 heteroatoms. The summed E-state index contributed by atoms with van der Waals surface area (Å²) in [6.45, 7) is 0.713. The van der Waals surface area contributed by atoms with Gasteiger partial charge >= 0.3 is 0 Å². The van der Waals surface area contributed by atoms with E-state index in [0.717, 1.165) is 30.0 Å². The van der Waals surface area contributed by atoms with E-state index in [4.69, 9.17) is 0 Å². The molecule has 3 heterocycles. The van der Waals surface area contributed by atoms with Crippen molar-refractivity contribution in [1.29, 1.82) is 0 Å². The smallest absolute Gasteiger partial charge is 0.161 e. The highest BCUT2D eigenvalue weighted by atomic mass is 19.1. The Kier molecular flexibility index (Phi) is 3.68. The van der Waals surface area contributed by atoms with Crippen LogP contribution in [0, 0.1) is 11.6 Å². The first kappa shape index (κ1) is 14.7. The van der Waals surface area contributed by atoms with Crippen LogP contribution in [0.15, 0.2) is 47.6 Å². The van der Waals surface area contributed by atoms with Gasteiger partial charge in [0.2, 0.25) is 0 Å². The van der Waals surface area contributed by atoms with Gasteiger partial charge in [0.1, 0.15) is 11.6 Å². The average Bonchev–Trinajstić information content (AvgIpc) is 3.26. The van der Waals surface area contributed by atoms with Crippen LogP contribution in [-0.2, 0) is 0 Å². The summed E-state index contributed by atoms with van der Waals surface area (Å²) in [5.41, 5.74) is 6.23. The number of hydrogen-bond acceptors (Lipinski definition) is 4. The van der Waals surface area contributed by atoms with Gasteiger partial charge < -0.3 is 4.90 Å². The van der Waals surface area contributed by atoms with E-state index in [2.05, 4.69) is 20.7 Å². The van der Waals surface area contributed by atoms with Crippen LogP contribution in [0.3, 0.4) is 0 Å². The predicted molar refractivity (Wildman–Crippen MR) is 84.6 cm³/mol. The van der Waals surface area contributed by atoms with Crippen LogP contribution in [0.2, 0.25) is 0 Å². The Morgan fingerprint density at radius 1 is 1.12 bits per heavy atom. The third-order valence-electron chi connectivity index (χ3n) is 4.32. The summed E-state index contributed by atoms with van der Waals surface area (Å²) in [4.78, 5) is 1.99. The second kappa shape index (κ2) is 5.99. The van der Waals surface area contributed by atoms with Gasteiger partial charge in [-0.1, -0.05) is 0 Å². The number of likely N-dealkylation sites (tertiary alicyclic amines) is 1. The predicted octanol–water partition coefficient (Wildman–Crippen LogP) is 2.86. The maximum absolute atomic E-state index is 14.2. The van der Waals surface area contributed by atoms with E-state index in [-0.39, 0.29) is 6.04 Å². The van der Waals surface area contributed by atoms with E-state index in [1.54, 1.807) is 18.6 Å². The van der Waals surface area contributed by atoms with Gasteiger partial charge in [-0.3, -0.25) is 0 Å². The molecular formula is C17H14F2N5. The van der Waals surface area contributed by atoms with Crippen LogP contribution in [0.5, 0.6) is 0 Å². The maximum atomic E-state index is 14.2. The lowest BCUT2D eigenvalue weighted by Crippen LogP contribution is -2.27. The van der Waals surface area contributed by atoms with E-state index in [1.165, 1.54) is 12.1 Å². The second-order valence-corrected chi connectivity index (χ2v) is 5.73. The number of hydrogen-bond donors (Lipinski definition) is 0. The standard InChI is InChI=1S/C17H14F2N5/c18-12-3-4-15(19)13(8-12)16-2-1-7-24(16)17-14(10-22-23-17)11-5-6-20-21-9-11/h3-6,8-10,16H,1-2,7H2/t16-/m1/s1. The minimum atomic E-state index is -0.439. The summed E-state index contributed by atoms with van der Waals surface area (Å²) >= 11 is 0.